The highest BCUT2D eigenvalue weighted by Gasteiger charge is 2.02. The largest absolute Gasteiger partial charge is 0.206 e. The third-order valence-electron chi connectivity index (χ3n) is 1.16. The van der Waals surface area contributed by atoms with Crippen molar-refractivity contribution in [3.63, 3.8) is 0 Å². The normalized spacial score (nSPS) is 10.0. The van der Waals surface area contributed by atoms with Gasteiger partial charge in [0.2, 0.25) is 0 Å². The molecule has 1 rings (SSSR count). The molecule has 54 valence electrons. The lowest BCUT2D eigenvalue weighted by atomic mass is 10.2. The minimum absolute atomic E-state index is 0.215. The molecule has 1 aromatic carbocycles. The maximum atomic E-state index is 12.7. The van der Waals surface area contributed by atoms with Crippen molar-refractivity contribution in [3.05, 3.63) is 28.5 Å². The maximum Gasteiger partial charge on any atom is 0.138 e. The number of benzene rings is 1. The van der Waals surface area contributed by atoms with Crippen LogP contribution < -0.4 is 0 Å². The Hall–Kier alpha value is -0.210. The molecule has 3 heteroatoms. The summed E-state index contributed by atoms with van der Waals surface area (Å²) in [6, 6.07) is 3.07. The lowest BCUT2D eigenvalue weighted by Gasteiger charge is -1.99. The van der Waals surface area contributed by atoms with Crippen molar-refractivity contribution in [1.82, 2.24) is 0 Å². The molecule has 0 N–H and O–H groups in total. The van der Waals surface area contributed by atoms with Crippen molar-refractivity contribution >= 4 is 24.2 Å². The van der Waals surface area contributed by atoms with Crippen LogP contribution in [0.4, 0.5) is 4.39 Å². The van der Waals surface area contributed by atoms with Gasteiger partial charge in [-0.1, -0.05) is 11.6 Å². The van der Waals surface area contributed by atoms with E-state index in [9.17, 15) is 4.39 Å². The van der Waals surface area contributed by atoms with Crippen LogP contribution in [0.15, 0.2) is 17.0 Å². The summed E-state index contributed by atoms with van der Waals surface area (Å²) < 4.78 is 12.7. The molecule has 10 heavy (non-hydrogen) atoms. The Morgan fingerprint density at radius 2 is 2.10 bits per heavy atom. The molecule has 0 heterocycles. The minimum Gasteiger partial charge on any atom is -0.206 e. The molecule has 0 saturated heterocycles. The zero-order chi connectivity index (χ0) is 7.72. The Labute approximate surface area is 69.4 Å². The van der Waals surface area contributed by atoms with E-state index in [1.807, 2.05) is 0 Å². The summed E-state index contributed by atoms with van der Waals surface area (Å²) in [5, 5.41) is 0.362. The van der Waals surface area contributed by atoms with E-state index in [1.54, 1.807) is 13.0 Å². The molecule has 1 aromatic rings. The first kappa shape index (κ1) is 7.89. The lowest BCUT2D eigenvalue weighted by molar-refractivity contribution is 0.601. The van der Waals surface area contributed by atoms with Crippen LogP contribution in [0, 0.1) is 12.7 Å². The SMILES string of the molecule is Cc1cc(F)c(S)c(Cl)c1. The van der Waals surface area contributed by atoms with E-state index >= 15 is 0 Å². The molecule has 0 aliphatic rings. The highest BCUT2D eigenvalue weighted by atomic mass is 35.5. The number of thiol groups is 1. The molecular formula is C7H6ClFS. The first-order chi connectivity index (χ1) is 4.61. The molecule has 0 saturated carbocycles. The summed E-state index contributed by atoms with van der Waals surface area (Å²) in [4.78, 5) is 0.215. The van der Waals surface area contributed by atoms with Crippen molar-refractivity contribution in [1.29, 1.82) is 0 Å². The van der Waals surface area contributed by atoms with Gasteiger partial charge in [-0.3, -0.25) is 0 Å². The van der Waals surface area contributed by atoms with Gasteiger partial charge < -0.3 is 0 Å². The molecule has 0 unspecified atom stereocenters. The third kappa shape index (κ3) is 1.44. The van der Waals surface area contributed by atoms with Crippen molar-refractivity contribution < 1.29 is 4.39 Å². The lowest BCUT2D eigenvalue weighted by Crippen LogP contribution is -1.81. The van der Waals surface area contributed by atoms with Crippen LogP contribution in [0.2, 0.25) is 5.02 Å². The van der Waals surface area contributed by atoms with E-state index < -0.39 is 0 Å². The van der Waals surface area contributed by atoms with Crippen LogP contribution in [-0.2, 0) is 0 Å². The summed E-state index contributed by atoms with van der Waals surface area (Å²) in [5.41, 5.74) is 0.806. The summed E-state index contributed by atoms with van der Waals surface area (Å²) in [6.45, 7) is 1.78. The highest BCUT2D eigenvalue weighted by molar-refractivity contribution is 7.80. The third-order valence-corrected chi connectivity index (χ3v) is 2.05. The molecule has 0 amide bonds. The Morgan fingerprint density at radius 1 is 1.50 bits per heavy atom. The molecule has 0 atom stereocenters. The molecule has 0 spiro atoms. The molecule has 0 aliphatic carbocycles. The highest BCUT2D eigenvalue weighted by Crippen LogP contribution is 2.23. The van der Waals surface area contributed by atoms with Crippen LogP contribution in [0.3, 0.4) is 0 Å². The van der Waals surface area contributed by atoms with Gasteiger partial charge in [0, 0.05) is 0 Å². The Kier molecular flexibility index (Phi) is 2.21. The number of aryl methyl sites for hydroxylation is 1. The van der Waals surface area contributed by atoms with Gasteiger partial charge in [0.1, 0.15) is 5.82 Å². The van der Waals surface area contributed by atoms with Gasteiger partial charge in [-0.15, -0.1) is 12.6 Å². The second-order valence-corrected chi connectivity index (χ2v) is 2.93. The van der Waals surface area contributed by atoms with E-state index in [1.165, 1.54) is 6.07 Å². The number of hydrogen-bond acceptors (Lipinski definition) is 1. The van der Waals surface area contributed by atoms with E-state index in [4.69, 9.17) is 11.6 Å². The average Bonchev–Trinajstić information content (AvgIpc) is 1.82. The first-order valence-corrected chi connectivity index (χ1v) is 3.58. The predicted octanol–water partition coefficient (Wildman–Crippen LogP) is 3.08. The van der Waals surface area contributed by atoms with Gasteiger partial charge in [0.15, 0.2) is 0 Å². The van der Waals surface area contributed by atoms with Crippen LogP contribution in [0.1, 0.15) is 5.56 Å². The van der Waals surface area contributed by atoms with Crippen LogP contribution in [0.25, 0.3) is 0 Å². The average molecular weight is 177 g/mol. The van der Waals surface area contributed by atoms with Gasteiger partial charge in [-0.05, 0) is 24.6 Å². The fourth-order valence-corrected chi connectivity index (χ4v) is 1.08. The fourth-order valence-electron chi connectivity index (χ4n) is 0.692. The summed E-state index contributed by atoms with van der Waals surface area (Å²) in [7, 11) is 0. The summed E-state index contributed by atoms with van der Waals surface area (Å²) in [6.07, 6.45) is 0. The van der Waals surface area contributed by atoms with Crippen LogP contribution in [-0.4, -0.2) is 0 Å². The van der Waals surface area contributed by atoms with E-state index in [0.29, 0.717) is 5.02 Å². The smallest absolute Gasteiger partial charge is 0.138 e. The van der Waals surface area contributed by atoms with E-state index in [2.05, 4.69) is 12.6 Å². The van der Waals surface area contributed by atoms with Gasteiger partial charge in [-0.2, -0.15) is 0 Å². The van der Waals surface area contributed by atoms with E-state index in [0.717, 1.165) is 5.56 Å². The van der Waals surface area contributed by atoms with Gasteiger partial charge in [-0.25, -0.2) is 4.39 Å². The Balaban J connectivity index is 3.31. The minimum atomic E-state index is -0.367. The summed E-state index contributed by atoms with van der Waals surface area (Å²) in [5.74, 6) is -0.367. The number of hydrogen-bond donors (Lipinski definition) is 1. The fraction of sp³-hybridized carbons (Fsp3) is 0.143. The second-order valence-electron chi connectivity index (χ2n) is 2.08. The zero-order valence-corrected chi connectivity index (χ0v) is 7.01. The second kappa shape index (κ2) is 2.81. The molecule has 0 nitrogen and oxygen atoms in total. The van der Waals surface area contributed by atoms with Crippen molar-refractivity contribution in [2.24, 2.45) is 0 Å². The molecule has 0 aromatic heterocycles. The molecular weight excluding hydrogens is 171 g/mol. The molecule has 0 bridgehead atoms. The van der Waals surface area contributed by atoms with Crippen LogP contribution in [0.5, 0.6) is 0 Å². The van der Waals surface area contributed by atoms with Crippen molar-refractivity contribution in [2.75, 3.05) is 0 Å². The van der Waals surface area contributed by atoms with Gasteiger partial charge in [0.05, 0.1) is 9.92 Å². The topological polar surface area (TPSA) is 0 Å². The first-order valence-electron chi connectivity index (χ1n) is 2.76. The van der Waals surface area contributed by atoms with Crippen molar-refractivity contribution in [2.45, 2.75) is 11.8 Å². The quantitative estimate of drug-likeness (QED) is 0.577. The zero-order valence-electron chi connectivity index (χ0n) is 5.36. The van der Waals surface area contributed by atoms with Crippen molar-refractivity contribution in [3.8, 4) is 0 Å². The van der Waals surface area contributed by atoms with Gasteiger partial charge >= 0.3 is 0 Å². The number of rotatable bonds is 0. The van der Waals surface area contributed by atoms with Crippen LogP contribution >= 0.6 is 24.2 Å². The Morgan fingerprint density at radius 3 is 2.60 bits per heavy atom. The monoisotopic (exact) mass is 176 g/mol. The van der Waals surface area contributed by atoms with E-state index in [-0.39, 0.29) is 10.7 Å². The maximum absolute atomic E-state index is 12.7. The molecule has 0 aliphatic heterocycles. The summed E-state index contributed by atoms with van der Waals surface area (Å²) >= 11 is 9.45. The standard InChI is InChI=1S/C7H6ClFS/c1-4-2-5(8)7(10)6(9)3-4/h2-3,10H,1H3. The predicted molar refractivity (Wildman–Crippen MR) is 43.4 cm³/mol. The van der Waals surface area contributed by atoms with Gasteiger partial charge in [0.25, 0.3) is 0 Å². The Bertz CT molecular complexity index is 237. The molecule has 0 radical (unpaired) electrons. The molecule has 0 fully saturated rings. The number of halogens is 2.